The first-order valence-corrected chi connectivity index (χ1v) is 27.8. The molecule has 0 aliphatic carbocycles. The monoisotopic (exact) mass is 1050 g/mol. The molecule has 0 amide bonds. The number of aromatic nitrogens is 6. The van der Waals surface area contributed by atoms with Gasteiger partial charge in [-0.2, -0.15) is 0 Å². The number of hydrogen-bond acceptors (Lipinski definition) is 4. The molecule has 17 aromatic rings. The Morgan fingerprint density at radius 2 is 0.671 bits per heavy atom. The van der Waals surface area contributed by atoms with Crippen molar-refractivity contribution in [2.45, 2.75) is 0 Å². The highest BCUT2D eigenvalue weighted by Crippen LogP contribution is 2.49. The zero-order valence-electron chi connectivity index (χ0n) is 44.1. The Balaban J connectivity index is 0.976. The standard InChI is InChI=1S/C75H46N6O/c1-6-22-47(23-7-1)60-44-51(75-77-73(49-26-10-3-11-27-49)76-74(78-75)50-38-39-55-54-32-18-21-37-66(54)82-67(55)46-50)45-61(48-24-8-2-9-25-48)70(60)81-63-36-20-17-34-59(63)69-65(81)43-41-57-56-40-42-64-68(71(56)80(72(57)69)53-30-14-5-15-31-53)58-33-16-19-35-62(58)79(64)52-28-12-4-13-29-52/h1-46H. The number of benzene rings is 12. The highest BCUT2D eigenvalue weighted by molar-refractivity contribution is 6.32. The van der Waals surface area contributed by atoms with E-state index in [0.717, 1.165) is 105 Å². The van der Waals surface area contributed by atoms with Crippen molar-refractivity contribution in [1.82, 2.24) is 28.7 Å². The van der Waals surface area contributed by atoms with Crippen molar-refractivity contribution in [3.63, 3.8) is 0 Å². The molecule has 0 saturated carbocycles. The van der Waals surface area contributed by atoms with Gasteiger partial charge >= 0.3 is 0 Å². The number of nitrogens with zero attached hydrogens (tertiary/aromatic N) is 6. The Labute approximate surface area is 470 Å². The Morgan fingerprint density at radius 3 is 1.24 bits per heavy atom. The van der Waals surface area contributed by atoms with Crippen molar-refractivity contribution < 1.29 is 4.42 Å². The summed E-state index contributed by atoms with van der Waals surface area (Å²) in [6.07, 6.45) is 0. The number of rotatable bonds is 8. The average molecular weight is 1050 g/mol. The minimum absolute atomic E-state index is 0.555. The lowest BCUT2D eigenvalue weighted by atomic mass is 9.92. The molecule has 0 spiro atoms. The molecule has 5 aromatic heterocycles. The molecule has 0 fully saturated rings. The highest BCUT2D eigenvalue weighted by atomic mass is 16.3. The number of hydrogen-bond donors (Lipinski definition) is 0. The first kappa shape index (κ1) is 45.8. The van der Waals surface area contributed by atoms with E-state index in [0.29, 0.717) is 17.5 Å². The van der Waals surface area contributed by atoms with Crippen LogP contribution >= 0.6 is 0 Å². The van der Waals surface area contributed by atoms with E-state index in [-0.39, 0.29) is 0 Å². The Kier molecular flexibility index (Phi) is 10.2. The van der Waals surface area contributed by atoms with E-state index in [1.165, 1.54) is 38.0 Å². The molecule has 0 saturated heterocycles. The molecule has 7 nitrogen and oxygen atoms in total. The Hall–Kier alpha value is -11.2. The van der Waals surface area contributed by atoms with Crippen LogP contribution < -0.4 is 0 Å². The molecule has 82 heavy (non-hydrogen) atoms. The van der Waals surface area contributed by atoms with E-state index >= 15 is 0 Å². The van der Waals surface area contributed by atoms with Crippen molar-refractivity contribution in [1.29, 1.82) is 0 Å². The summed E-state index contributed by atoms with van der Waals surface area (Å²) >= 11 is 0. The van der Waals surface area contributed by atoms with E-state index < -0.39 is 0 Å². The molecule has 17 rings (SSSR count). The van der Waals surface area contributed by atoms with E-state index in [1.54, 1.807) is 0 Å². The maximum absolute atomic E-state index is 6.42. The van der Waals surface area contributed by atoms with Crippen LogP contribution in [0.1, 0.15) is 0 Å². The lowest BCUT2D eigenvalue weighted by Gasteiger charge is -2.21. The summed E-state index contributed by atoms with van der Waals surface area (Å²) in [6, 6.07) is 99.5. The number of fused-ring (bicyclic) bond motifs is 14. The summed E-state index contributed by atoms with van der Waals surface area (Å²) in [5, 5.41) is 9.26. The number of para-hydroxylation sites is 5. The van der Waals surface area contributed by atoms with E-state index in [9.17, 15) is 0 Å². The molecular formula is C75H46N6O. The molecule has 0 atom stereocenters. The van der Waals surface area contributed by atoms with Crippen LogP contribution in [0.3, 0.4) is 0 Å². The minimum Gasteiger partial charge on any atom is -0.456 e. The third-order valence-corrected chi connectivity index (χ3v) is 16.5. The summed E-state index contributed by atoms with van der Waals surface area (Å²) < 4.78 is 13.9. The molecule has 0 aliphatic rings. The summed E-state index contributed by atoms with van der Waals surface area (Å²) in [4.78, 5) is 15.9. The molecular weight excluding hydrogens is 1000 g/mol. The second-order valence-electron chi connectivity index (χ2n) is 21.1. The minimum atomic E-state index is 0.555. The average Bonchev–Trinajstić information content (AvgIpc) is 4.49. The fraction of sp³-hybridized carbons (Fsp3) is 0. The highest BCUT2D eigenvalue weighted by Gasteiger charge is 2.28. The Morgan fingerprint density at radius 1 is 0.256 bits per heavy atom. The van der Waals surface area contributed by atoms with Gasteiger partial charge in [0.2, 0.25) is 0 Å². The van der Waals surface area contributed by atoms with Gasteiger partial charge in [-0.1, -0.05) is 200 Å². The molecule has 0 radical (unpaired) electrons. The van der Waals surface area contributed by atoms with Crippen LogP contribution in [0.4, 0.5) is 0 Å². The van der Waals surface area contributed by atoms with Gasteiger partial charge in [0.15, 0.2) is 17.5 Å². The van der Waals surface area contributed by atoms with Crippen molar-refractivity contribution in [2.75, 3.05) is 0 Å². The van der Waals surface area contributed by atoms with Crippen LogP contribution in [0, 0.1) is 0 Å². The van der Waals surface area contributed by atoms with Crippen molar-refractivity contribution in [2.24, 2.45) is 0 Å². The van der Waals surface area contributed by atoms with Crippen molar-refractivity contribution in [3.05, 3.63) is 279 Å². The normalized spacial score (nSPS) is 11.9. The topological polar surface area (TPSA) is 66.6 Å². The predicted octanol–water partition coefficient (Wildman–Crippen LogP) is 19.4. The van der Waals surface area contributed by atoms with Crippen LogP contribution in [0.2, 0.25) is 0 Å². The zero-order valence-corrected chi connectivity index (χ0v) is 44.1. The largest absolute Gasteiger partial charge is 0.456 e. The number of furan rings is 1. The van der Waals surface area contributed by atoms with Crippen LogP contribution in [0.5, 0.6) is 0 Å². The third-order valence-electron chi connectivity index (χ3n) is 16.5. The van der Waals surface area contributed by atoms with E-state index in [4.69, 9.17) is 19.4 Å². The molecule has 0 N–H and O–H groups in total. The molecule has 5 heterocycles. The molecule has 0 aliphatic heterocycles. The second-order valence-corrected chi connectivity index (χ2v) is 21.1. The Bertz CT molecular complexity index is 5310. The quantitative estimate of drug-likeness (QED) is 0.152. The predicted molar refractivity (Wildman–Crippen MR) is 337 cm³/mol. The molecule has 0 bridgehead atoms. The van der Waals surface area contributed by atoms with Gasteiger partial charge in [0, 0.05) is 82.3 Å². The molecule has 12 aromatic carbocycles. The van der Waals surface area contributed by atoms with Gasteiger partial charge in [0.1, 0.15) is 11.2 Å². The molecule has 7 heteroatoms. The van der Waals surface area contributed by atoms with Crippen LogP contribution in [-0.4, -0.2) is 28.7 Å². The first-order chi connectivity index (χ1) is 40.7. The third kappa shape index (κ3) is 7.00. The van der Waals surface area contributed by atoms with Crippen LogP contribution in [0.25, 0.3) is 161 Å². The second kappa shape index (κ2) is 18.2. The lowest BCUT2D eigenvalue weighted by molar-refractivity contribution is 0.669. The van der Waals surface area contributed by atoms with E-state index in [1.807, 2.05) is 36.4 Å². The summed E-state index contributed by atoms with van der Waals surface area (Å²) in [5.41, 5.74) is 18.5. The van der Waals surface area contributed by atoms with Crippen LogP contribution in [0.15, 0.2) is 283 Å². The van der Waals surface area contributed by atoms with Gasteiger partial charge in [0.05, 0.1) is 38.8 Å². The fourth-order valence-corrected chi connectivity index (χ4v) is 12.9. The van der Waals surface area contributed by atoms with E-state index in [2.05, 4.69) is 256 Å². The summed E-state index contributed by atoms with van der Waals surface area (Å²) in [7, 11) is 0. The van der Waals surface area contributed by atoms with Gasteiger partial charge in [-0.25, -0.2) is 15.0 Å². The first-order valence-electron chi connectivity index (χ1n) is 27.8. The van der Waals surface area contributed by atoms with Crippen molar-refractivity contribution in [3.8, 4) is 73.5 Å². The maximum Gasteiger partial charge on any atom is 0.164 e. The van der Waals surface area contributed by atoms with Gasteiger partial charge in [-0.15, -0.1) is 0 Å². The van der Waals surface area contributed by atoms with Gasteiger partial charge < -0.3 is 18.1 Å². The maximum atomic E-state index is 6.42. The SMILES string of the molecule is c1ccc(-c2nc(-c3cc(-c4ccccc4)c(-n4c5ccccc5c5c4ccc4c6ccc7c(c8ccccc8n7-c7ccccc7)c6n(-c6ccccc6)c45)c(-c4ccccc4)c3)nc(-c3ccc4c(c3)oc3ccccc34)n2)cc1. The molecule has 382 valence electrons. The van der Waals surface area contributed by atoms with Gasteiger partial charge in [-0.3, -0.25) is 0 Å². The van der Waals surface area contributed by atoms with Gasteiger partial charge in [-0.05, 0) is 90.0 Å². The summed E-state index contributed by atoms with van der Waals surface area (Å²) in [5.74, 6) is 1.70. The smallest absolute Gasteiger partial charge is 0.164 e. The van der Waals surface area contributed by atoms with Crippen molar-refractivity contribution >= 4 is 87.4 Å². The molecule has 0 unspecified atom stereocenters. The zero-order chi connectivity index (χ0) is 53.8. The van der Waals surface area contributed by atoms with Gasteiger partial charge in [0.25, 0.3) is 0 Å². The lowest BCUT2D eigenvalue weighted by Crippen LogP contribution is -2.04. The fourth-order valence-electron chi connectivity index (χ4n) is 12.9. The summed E-state index contributed by atoms with van der Waals surface area (Å²) in [6.45, 7) is 0. The van der Waals surface area contributed by atoms with Crippen LogP contribution in [-0.2, 0) is 0 Å².